The molecule has 0 bridgehead atoms. The third-order valence-corrected chi connectivity index (χ3v) is 5.91. The molecule has 4 rings (SSSR count). The number of halogens is 1. The van der Waals surface area contributed by atoms with Gasteiger partial charge < -0.3 is 14.2 Å². The maximum atomic E-state index is 13.2. The van der Waals surface area contributed by atoms with Gasteiger partial charge in [0.25, 0.3) is 0 Å². The SMILES string of the molecule is CC(C)(C)C(=O)N1CC(c2nc(-c3ccc(F)cc3)no2)C2(CCOCC2)C1. The highest BCUT2D eigenvalue weighted by molar-refractivity contribution is 5.82. The Morgan fingerprint density at radius 1 is 1.21 bits per heavy atom. The van der Waals surface area contributed by atoms with E-state index in [1.54, 1.807) is 12.1 Å². The fraction of sp³-hybridized carbons (Fsp3) is 0.571. The van der Waals surface area contributed by atoms with Gasteiger partial charge in [-0.2, -0.15) is 4.98 Å². The number of rotatable bonds is 2. The van der Waals surface area contributed by atoms with Gasteiger partial charge in [0.1, 0.15) is 5.82 Å². The summed E-state index contributed by atoms with van der Waals surface area (Å²) in [5.74, 6) is 0.799. The van der Waals surface area contributed by atoms with Crippen molar-refractivity contribution in [3.8, 4) is 11.4 Å². The van der Waals surface area contributed by atoms with Crippen LogP contribution in [0.5, 0.6) is 0 Å². The van der Waals surface area contributed by atoms with Crippen LogP contribution in [0.15, 0.2) is 28.8 Å². The number of amides is 1. The Hall–Kier alpha value is -2.28. The average Bonchev–Trinajstić information content (AvgIpc) is 3.27. The molecule has 0 N–H and O–H groups in total. The molecule has 0 saturated carbocycles. The van der Waals surface area contributed by atoms with Crippen molar-refractivity contribution in [3.05, 3.63) is 36.0 Å². The highest BCUT2D eigenvalue weighted by atomic mass is 19.1. The lowest BCUT2D eigenvalue weighted by atomic mass is 9.72. The number of carbonyl (C=O) groups is 1. The first-order valence-corrected chi connectivity index (χ1v) is 9.75. The van der Waals surface area contributed by atoms with Gasteiger partial charge in [0.15, 0.2) is 0 Å². The van der Waals surface area contributed by atoms with Crippen molar-refractivity contribution in [3.63, 3.8) is 0 Å². The number of hydrogen-bond donors (Lipinski definition) is 0. The molecule has 1 amide bonds. The molecule has 28 heavy (non-hydrogen) atoms. The Labute approximate surface area is 164 Å². The van der Waals surface area contributed by atoms with Gasteiger partial charge in [-0.15, -0.1) is 0 Å². The van der Waals surface area contributed by atoms with E-state index in [0.717, 1.165) is 12.8 Å². The van der Waals surface area contributed by atoms with Gasteiger partial charge in [0.05, 0.1) is 5.92 Å². The van der Waals surface area contributed by atoms with Crippen LogP contribution in [-0.2, 0) is 9.53 Å². The second-order valence-corrected chi connectivity index (χ2v) is 8.93. The van der Waals surface area contributed by atoms with Crippen molar-refractivity contribution in [2.75, 3.05) is 26.3 Å². The standard InChI is InChI=1S/C21H26FN3O3/c1-20(2,3)19(26)25-12-16(21(13-25)8-10-27-11-9-21)18-23-17(24-28-18)14-4-6-15(22)7-5-14/h4-7,16H,8-13H2,1-3H3. The molecule has 1 unspecified atom stereocenters. The Kier molecular flexibility index (Phi) is 4.73. The fourth-order valence-electron chi connectivity index (χ4n) is 4.32. The minimum Gasteiger partial charge on any atom is -0.381 e. The summed E-state index contributed by atoms with van der Waals surface area (Å²) >= 11 is 0. The molecule has 6 nitrogen and oxygen atoms in total. The molecule has 0 aliphatic carbocycles. The highest BCUT2D eigenvalue weighted by Gasteiger charge is 2.52. The number of nitrogens with zero attached hydrogens (tertiary/aromatic N) is 3. The molecule has 2 aromatic rings. The Bertz CT molecular complexity index is 851. The summed E-state index contributed by atoms with van der Waals surface area (Å²) in [4.78, 5) is 19.5. The molecule has 1 spiro atoms. The Morgan fingerprint density at radius 2 is 1.89 bits per heavy atom. The predicted octanol–water partition coefficient (Wildman–Crippen LogP) is 3.64. The van der Waals surface area contributed by atoms with Crippen LogP contribution in [0, 0.1) is 16.6 Å². The molecule has 150 valence electrons. The summed E-state index contributed by atoms with van der Waals surface area (Å²) in [6.07, 6.45) is 1.72. The van der Waals surface area contributed by atoms with E-state index in [4.69, 9.17) is 9.26 Å². The second-order valence-electron chi connectivity index (χ2n) is 8.93. The first kappa shape index (κ1) is 19.1. The van der Waals surface area contributed by atoms with Crippen molar-refractivity contribution in [2.45, 2.75) is 39.5 Å². The molecule has 2 aliphatic rings. The zero-order chi connectivity index (χ0) is 19.9. The summed E-state index contributed by atoms with van der Waals surface area (Å²) < 4.78 is 24.4. The predicted molar refractivity (Wildman–Crippen MR) is 101 cm³/mol. The van der Waals surface area contributed by atoms with Gasteiger partial charge in [-0.1, -0.05) is 25.9 Å². The number of benzene rings is 1. The third kappa shape index (κ3) is 3.43. The lowest BCUT2D eigenvalue weighted by molar-refractivity contribution is -0.139. The number of aromatic nitrogens is 2. The normalized spacial score (nSPS) is 22.0. The van der Waals surface area contributed by atoms with Gasteiger partial charge in [-0.05, 0) is 37.1 Å². The monoisotopic (exact) mass is 387 g/mol. The van der Waals surface area contributed by atoms with Crippen LogP contribution in [0.3, 0.4) is 0 Å². The molecule has 2 fully saturated rings. The van der Waals surface area contributed by atoms with Crippen LogP contribution in [0.4, 0.5) is 4.39 Å². The van der Waals surface area contributed by atoms with Gasteiger partial charge in [-0.3, -0.25) is 4.79 Å². The van der Waals surface area contributed by atoms with Gasteiger partial charge in [0, 0.05) is 42.7 Å². The van der Waals surface area contributed by atoms with E-state index < -0.39 is 5.41 Å². The van der Waals surface area contributed by atoms with E-state index in [1.807, 2.05) is 25.7 Å². The average molecular weight is 387 g/mol. The minimum absolute atomic E-state index is 0.0237. The minimum atomic E-state index is -0.435. The lowest BCUT2D eigenvalue weighted by Crippen LogP contribution is -2.40. The zero-order valence-electron chi connectivity index (χ0n) is 16.6. The Balaban J connectivity index is 1.64. The fourth-order valence-corrected chi connectivity index (χ4v) is 4.32. The van der Waals surface area contributed by atoms with Crippen molar-refractivity contribution in [2.24, 2.45) is 10.8 Å². The number of hydrogen-bond acceptors (Lipinski definition) is 5. The van der Waals surface area contributed by atoms with E-state index in [9.17, 15) is 9.18 Å². The first-order chi connectivity index (χ1) is 13.3. The first-order valence-electron chi connectivity index (χ1n) is 9.75. The van der Waals surface area contributed by atoms with E-state index in [-0.39, 0.29) is 23.1 Å². The molecule has 7 heteroatoms. The van der Waals surface area contributed by atoms with Crippen LogP contribution in [0.1, 0.15) is 45.4 Å². The number of ether oxygens (including phenoxy) is 1. The zero-order valence-corrected chi connectivity index (χ0v) is 16.6. The van der Waals surface area contributed by atoms with E-state index in [2.05, 4.69) is 10.1 Å². The second kappa shape index (κ2) is 6.95. The maximum Gasteiger partial charge on any atom is 0.232 e. The molecule has 2 aliphatic heterocycles. The van der Waals surface area contributed by atoms with Crippen molar-refractivity contribution in [1.29, 1.82) is 0 Å². The molecular weight excluding hydrogens is 361 g/mol. The third-order valence-electron chi connectivity index (χ3n) is 5.91. The molecule has 1 aromatic carbocycles. The summed E-state index contributed by atoms with van der Waals surface area (Å²) in [5, 5.41) is 4.11. The van der Waals surface area contributed by atoms with Gasteiger partial charge >= 0.3 is 0 Å². The smallest absolute Gasteiger partial charge is 0.232 e. The van der Waals surface area contributed by atoms with Crippen molar-refractivity contribution in [1.82, 2.24) is 15.0 Å². The Morgan fingerprint density at radius 3 is 2.54 bits per heavy atom. The molecule has 3 heterocycles. The van der Waals surface area contributed by atoms with Crippen molar-refractivity contribution >= 4 is 5.91 Å². The topological polar surface area (TPSA) is 68.5 Å². The highest BCUT2D eigenvalue weighted by Crippen LogP contribution is 2.50. The van der Waals surface area contributed by atoms with Gasteiger partial charge in [-0.25, -0.2) is 4.39 Å². The molecular formula is C21H26FN3O3. The molecule has 1 aromatic heterocycles. The van der Waals surface area contributed by atoms with Crippen LogP contribution < -0.4 is 0 Å². The summed E-state index contributed by atoms with van der Waals surface area (Å²) in [5.41, 5.74) is 0.166. The molecule has 1 atom stereocenters. The van der Waals surface area contributed by atoms with E-state index in [0.29, 0.717) is 43.6 Å². The number of likely N-dealkylation sites (tertiary alicyclic amines) is 1. The van der Waals surface area contributed by atoms with E-state index >= 15 is 0 Å². The number of carbonyl (C=O) groups excluding carboxylic acids is 1. The summed E-state index contributed by atoms with van der Waals surface area (Å²) in [6.45, 7) is 8.43. The summed E-state index contributed by atoms with van der Waals surface area (Å²) in [7, 11) is 0. The lowest BCUT2D eigenvalue weighted by Gasteiger charge is -2.36. The van der Waals surface area contributed by atoms with Crippen molar-refractivity contribution < 1.29 is 18.4 Å². The summed E-state index contributed by atoms with van der Waals surface area (Å²) in [6, 6.07) is 6.03. The van der Waals surface area contributed by atoms with Crippen LogP contribution in [0.2, 0.25) is 0 Å². The molecule has 2 saturated heterocycles. The van der Waals surface area contributed by atoms with Crippen LogP contribution >= 0.6 is 0 Å². The van der Waals surface area contributed by atoms with Crippen LogP contribution in [-0.4, -0.2) is 47.3 Å². The van der Waals surface area contributed by atoms with E-state index in [1.165, 1.54) is 12.1 Å². The van der Waals surface area contributed by atoms with Gasteiger partial charge in [0.2, 0.25) is 17.6 Å². The van der Waals surface area contributed by atoms with Crippen LogP contribution in [0.25, 0.3) is 11.4 Å². The molecule has 0 radical (unpaired) electrons. The quantitative estimate of drug-likeness (QED) is 0.787. The maximum absolute atomic E-state index is 13.2. The largest absolute Gasteiger partial charge is 0.381 e.